The summed E-state index contributed by atoms with van der Waals surface area (Å²) in [5.41, 5.74) is 0. The summed E-state index contributed by atoms with van der Waals surface area (Å²) in [4.78, 5) is 3.78. The van der Waals surface area contributed by atoms with Gasteiger partial charge >= 0.3 is 42.8 Å². The van der Waals surface area contributed by atoms with Crippen molar-refractivity contribution in [2.24, 2.45) is 7.05 Å². The van der Waals surface area contributed by atoms with Crippen LogP contribution in [0.4, 0.5) is 0 Å². The number of hydrogen-bond donors (Lipinski definition) is 0. The van der Waals surface area contributed by atoms with Gasteiger partial charge in [-0.15, -0.1) is 0 Å². The van der Waals surface area contributed by atoms with Crippen molar-refractivity contribution in [2.45, 2.75) is 0 Å². The van der Waals surface area contributed by atoms with Gasteiger partial charge in [-0.25, -0.2) is 4.98 Å². The molecule has 1 aromatic heterocycles. The molecule has 0 N–H and O–H groups in total. The van der Waals surface area contributed by atoms with Crippen LogP contribution >= 0.6 is 27.6 Å². The average Bonchev–Trinajstić information content (AvgIpc) is 2.15. The first-order chi connectivity index (χ1) is 4.63. The fourth-order valence-electron chi connectivity index (χ4n) is 0.326. The molecule has 1 heterocycles. The van der Waals surface area contributed by atoms with Gasteiger partial charge in [0.05, 0.1) is 6.33 Å². The van der Waals surface area contributed by atoms with E-state index in [1.54, 1.807) is 12.5 Å². The van der Waals surface area contributed by atoms with Crippen LogP contribution in [0.5, 0.6) is 0 Å². The molecule has 0 atom stereocenters. The van der Waals surface area contributed by atoms with Crippen LogP contribution in [0.1, 0.15) is 0 Å². The molecule has 0 saturated heterocycles. The molecule has 0 saturated carbocycles. The SMILES string of the molecule is Cn1ccnc1.[Cl][Au]([Cl])[Cl]. The predicted octanol–water partition coefficient (Wildman–Crippen LogP) is 2.49. The Kier molecular flexibility index (Phi) is 7.06. The second-order valence-corrected chi connectivity index (χ2v) is 10.7. The van der Waals surface area contributed by atoms with Gasteiger partial charge in [0.2, 0.25) is 0 Å². The van der Waals surface area contributed by atoms with E-state index in [9.17, 15) is 0 Å². The molecule has 0 aromatic carbocycles. The second-order valence-electron chi connectivity index (χ2n) is 1.36. The minimum atomic E-state index is -1.79. The van der Waals surface area contributed by atoms with Gasteiger partial charge in [0.15, 0.2) is 0 Å². The van der Waals surface area contributed by atoms with E-state index in [-0.39, 0.29) is 0 Å². The zero-order valence-electron chi connectivity index (χ0n) is 5.06. The summed E-state index contributed by atoms with van der Waals surface area (Å²) >= 11 is -1.79. The molecule has 0 spiro atoms. The number of halogens is 3. The second kappa shape index (κ2) is 6.53. The van der Waals surface area contributed by atoms with E-state index in [4.69, 9.17) is 27.6 Å². The number of aromatic nitrogens is 2. The van der Waals surface area contributed by atoms with E-state index in [0.717, 1.165) is 0 Å². The third-order valence-corrected chi connectivity index (χ3v) is 0.637. The Bertz CT molecular complexity index is 151. The van der Waals surface area contributed by atoms with Gasteiger partial charge in [-0.3, -0.25) is 0 Å². The Morgan fingerprint density at radius 1 is 1.40 bits per heavy atom. The molecular formula is C4H6AuCl3N2. The Labute approximate surface area is 77.7 Å². The molecule has 6 heteroatoms. The summed E-state index contributed by atoms with van der Waals surface area (Å²) in [5, 5.41) is 0. The van der Waals surface area contributed by atoms with Gasteiger partial charge in [-0.2, -0.15) is 0 Å². The van der Waals surface area contributed by atoms with Crippen molar-refractivity contribution in [3.05, 3.63) is 18.7 Å². The molecule has 1 aromatic rings. The van der Waals surface area contributed by atoms with E-state index in [1.807, 2.05) is 17.8 Å². The van der Waals surface area contributed by atoms with Gasteiger partial charge < -0.3 is 4.57 Å². The number of rotatable bonds is 0. The molecule has 0 bridgehead atoms. The summed E-state index contributed by atoms with van der Waals surface area (Å²) < 4.78 is 1.89. The standard InChI is InChI=1S/C4H6N2.Au.3ClH/c1-6-3-2-5-4-6;;;;/h2-4H,1H3;;3*1H/q;+3;;;/p-3. The van der Waals surface area contributed by atoms with Crippen molar-refractivity contribution >= 4 is 27.6 Å². The third-order valence-electron chi connectivity index (χ3n) is 0.637. The average molecular weight is 385 g/mol. The maximum absolute atomic E-state index is 4.95. The molecule has 0 aliphatic carbocycles. The molecular weight excluding hydrogens is 379 g/mol. The van der Waals surface area contributed by atoms with Gasteiger partial charge in [0, 0.05) is 19.4 Å². The van der Waals surface area contributed by atoms with E-state index in [0.29, 0.717) is 0 Å². The Hall–Kier alpha value is 0.820. The summed E-state index contributed by atoms with van der Waals surface area (Å²) in [7, 11) is 16.8. The van der Waals surface area contributed by atoms with Crippen LogP contribution in [0.2, 0.25) is 0 Å². The fraction of sp³-hybridized carbons (Fsp3) is 0.250. The van der Waals surface area contributed by atoms with Crippen LogP contribution in [-0.4, -0.2) is 9.55 Å². The van der Waals surface area contributed by atoms with Gasteiger partial charge in [-0.05, 0) is 0 Å². The van der Waals surface area contributed by atoms with Crippen LogP contribution in [0.3, 0.4) is 0 Å². The Morgan fingerprint density at radius 2 is 1.90 bits per heavy atom. The van der Waals surface area contributed by atoms with E-state index in [1.165, 1.54) is 0 Å². The van der Waals surface area contributed by atoms with Crippen LogP contribution < -0.4 is 0 Å². The zero-order chi connectivity index (χ0) is 7.98. The monoisotopic (exact) mass is 384 g/mol. The van der Waals surface area contributed by atoms with Crippen molar-refractivity contribution in [1.29, 1.82) is 0 Å². The van der Waals surface area contributed by atoms with E-state index >= 15 is 0 Å². The van der Waals surface area contributed by atoms with Crippen LogP contribution in [-0.2, 0) is 22.2 Å². The molecule has 0 aliphatic rings. The van der Waals surface area contributed by atoms with E-state index < -0.39 is 15.2 Å². The first kappa shape index (κ1) is 10.8. The van der Waals surface area contributed by atoms with Gasteiger partial charge in [0.25, 0.3) is 0 Å². The molecule has 1 rings (SSSR count). The first-order valence-corrected chi connectivity index (χ1v) is 10.2. The number of hydrogen-bond acceptors (Lipinski definition) is 1. The molecule has 10 heavy (non-hydrogen) atoms. The number of nitrogens with zero attached hydrogens (tertiary/aromatic N) is 2. The van der Waals surface area contributed by atoms with Crippen LogP contribution in [0.15, 0.2) is 18.7 Å². The van der Waals surface area contributed by atoms with Gasteiger partial charge in [-0.1, -0.05) is 0 Å². The normalized spacial score (nSPS) is 9.80. The first-order valence-electron chi connectivity index (χ1n) is 2.16. The third kappa shape index (κ3) is 8.82. The van der Waals surface area contributed by atoms with Crippen LogP contribution in [0.25, 0.3) is 0 Å². The van der Waals surface area contributed by atoms with Crippen molar-refractivity contribution in [1.82, 2.24) is 9.55 Å². The molecule has 0 fully saturated rings. The summed E-state index contributed by atoms with van der Waals surface area (Å²) in [6.07, 6.45) is 5.39. The number of aryl methyl sites for hydroxylation is 1. The Balaban J connectivity index is 0.000000180. The van der Waals surface area contributed by atoms with Crippen molar-refractivity contribution in [3.63, 3.8) is 0 Å². The topological polar surface area (TPSA) is 17.8 Å². The zero-order valence-corrected chi connectivity index (χ0v) is 9.50. The maximum atomic E-state index is 4.95. The van der Waals surface area contributed by atoms with Gasteiger partial charge in [0.1, 0.15) is 0 Å². The fourth-order valence-corrected chi connectivity index (χ4v) is 0.326. The minimum absolute atomic E-state index is 1.75. The molecule has 0 amide bonds. The molecule has 2 nitrogen and oxygen atoms in total. The predicted molar refractivity (Wildman–Crippen MR) is 40.8 cm³/mol. The van der Waals surface area contributed by atoms with Crippen molar-refractivity contribution < 1.29 is 15.2 Å². The van der Waals surface area contributed by atoms with E-state index in [2.05, 4.69) is 4.98 Å². The molecule has 0 radical (unpaired) electrons. The van der Waals surface area contributed by atoms with Crippen molar-refractivity contribution in [3.8, 4) is 0 Å². The molecule has 0 unspecified atom stereocenters. The van der Waals surface area contributed by atoms with Crippen LogP contribution in [0, 0.1) is 0 Å². The quantitative estimate of drug-likeness (QED) is 0.628. The number of imidazole rings is 1. The molecule has 0 aliphatic heterocycles. The summed E-state index contributed by atoms with van der Waals surface area (Å²) in [5.74, 6) is 0. The van der Waals surface area contributed by atoms with Crippen molar-refractivity contribution in [2.75, 3.05) is 0 Å². The molecule has 64 valence electrons. The summed E-state index contributed by atoms with van der Waals surface area (Å²) in [6, 6.07) is 0. The summed E-state index contributed by atoms with van der Waals surface area (Å²) in [6.45, 7) is 0. The Morgan fingerprint density at radius 3 is 2.00 bits per heavy atom.